The highest BCUT2D eigenvalue weighted by Gasteiger charge is 2.36. The van der Waals surface area contributed by atoms with E-state index in [1.54, 1.807) is 12.1 Å². The van der Waals surface area contributed by atoms with E-state index in [2.05, 4.69) is 37.2 Å². The van der Waals surface area contributed by atoms with Crippen molar-refractivity contribution in [2.75, 3.05) is 30.3 Å². The Balaban J connectivity index is 1.47. The maximum Gasteiger partial charge on any atom is 0.419 e. The van der Waals surface area contributed by atoms with Gasteiger partial charge in [0.1, 0.15) is 10.7 Å². The molecule has 0 aliphatic carbocycles. The fourth-order valence-corrected chi connectivity index (χ4v) is 5.79. The number of fused-ring (bicyclic) bond motifs is 4. The highest BCUT2D eigenvalue weighted by Crippen LogP contribution is 2.33. The molecule has 10 nitrogen and oxygen atoms in total. The minimum Gasteiger partial charge on any atom is -0.369 e. The molecule has 0 spiro atoms. The molecule has 2 aromatic carbocycles. The van der Waals surface area contributed by atoms with Crippen LogP contribution in [0.5, 0.6) is 0 Å². The lowest BCUT2D eigenvalue weighted by Gasteiger charge is -2.12. The molecule has 1 aliphatic heterocycles. The fourth-order valence-electron chi connectivity index (χ4n) is 3.54. The van der Waals surface area contributed by atoms with Gasteiger partial charge in [0.15, 0.2) is 5.82 Å². The zero-order chi connectivity index (χ0) is 29.0. The lowest BCUT2D eigenvalue weighted by atomic mass is 10.2. The van der Waals surface area contributed by atoms with Crippen LogP contribution in [0.25, 0.3) is 0 Å². The molecule has 0 saturated heterocycles. The quantitative estimate of drug-likeness (QED) is 0.204. The predicted octanol–water partition coefficient (Wildman–Crippen LogP) is 3.19. The van der Waals surface area contributed by atoms with Gasteiger partial charge in [0.2, 0.25) is 26.0 Å². The molecule has 3 aromatic rings. The number of benzene rings is 2. The van der Waals surface area contributed by atoms with Crippen LogP contribution in [0.1, 0.15) is 24.0 Å². The first-order valence-corrected chi connectivity index (χ1v) is 14.7. The van der Waals surface area contributed by atoms with Crippen LogP contribution in [0.2, 0.25) is 0 Å². The number of alkyl halides is 3. The number of rotatable bonds is 4. The van der Waals surface area contributed by atoms with Crippen LogP contribution in [-0.4, -0.2) is 46.4 Å². The molecule has 0 fully saturated rings. The summed E-state index contributed by atoms with van der Waals surface area (Å²) in [7, 11) is -8.27. The van der Waals surface area contributed by atoms with Gasteiger partial charge < -0.3 is 10.6 Å². The van der Waals surface area contributed by atoms with Crippen molar-refractivity contribution in [1.82, 2.24) is 19.4 Å². The summed E-state index contributed by atoms with van der Waals surface area (Å²) in [5, 5.41) is 6.00. The lowest BCUT2D eigenvalue weighted by Crippen LogP contribution is -2.26. The van der Waals surface area contributed by atoms with E-state index in [9.17, 15) is 34.4 Å². The minimum absolute atomic E-state index is 0.0617. The Labute approximate surface area is 227 Å². The minimum atomic E-state index is -5.05. The van der Waals surface area contributed by atoms with E-state index in [-0.39, 0.29) is 30.4 Å². The smallest absolute Gasteiger partial charge is 0.369 e. The topological polar surface area (TPSA) is 142 Å². The van der Waals surface area contributed by atoms with Gasteiger partial charge in [-0.2, -0.15) is 18.2 Å². The van der Waals surface area contributed by atoms with Crippen LogP contribution in [0.15, 0.2) is 58.5 Å². The average Bonchev–Trinajstić information content (AvgIpc) is 2.88. The molecule has 4 rings (SSSR count). The van der Waals surface area contributed by atoms with E-state index in [4.69, 9.17) is 0 Å². The van der Waals surface area contributed by atoms with Gasteiger partial charge in [0, 0.05) is 31.7 Å². The van der Waals surface area contributed by atoms with Gasteiger partial charge in [0.05, 0.1) is 22.2 Å². The van der Waals surface area contributed by atoms with Crippen LogP contribution in [0.4, 0.5) is 35.0 Å². The summed E-state index contributed by atoms with van der Waals surface area (Å²) in [6.07, 6.45) is -3.26. The molecule has 0 radical (unpaired) electrons. The zero-order valence-corrected chi connectivity index (χ0v) is 22.1. The number of sulfonamides is 2. The summed E-state index contributed by atoms with van der Waals surface area (Å²) >= 11 is 0. The molecule has 40 heavy (non-hydrogen) atoms. The van der Waals surface area contributed by atoms with Crippen LogP contribution in [-0.2, 0) is 26.2 Å². The number of aromatic nitrogens is 2. The Morgan fingerprint density at radius 1 is 1.10 bits per heavy atom. The van der Waals surface area contributed by atoms with Gasteiger partial charge in [-0.3, -0.25) is 0 Å². The molecule has 0 saturated carbocycles. The largest absolute Gasteiger partial charge is 0.419 e. The van der Waals surface area contributed by atoms with Crippen molar-refractivity contribution in [1.29, 1.82) is 0 Å². The summed E-state index contributed by atoms with van der Waals surface area (Å²) in [5.74, 6) is 4.15. The SMILES string of the molecule is O=S1(=O)NCCCNc2nc(ncc2C#CCCNS(=O)(=O)c2cccc(C(F)(F)F)c2F)Nc2cccc1c2. The standard InChI is InChI=1S/C24H22F4N6O4S2/c25-21-19(24(26,27)28)9-4-10-20(21)40(37,38)32-12-2-1-6-16-15-30-23-33-17-7-3-8-18(14-17)39(35,36)31-13-5-11-29-22(16)34-23/h3-4,7-10,14-15,31-32H,2,5,11-13H2,(H2,29,30,33,34). The molecular weight excluding hydrogens is 576 g/mol. The Morgan fingerprint density at radius 2 is 1.88 bits per heavy atom. The van der Waals surface area contributed by atoms with E-state index in [1.807, 2.05) is 4.72 Å². The Morgan fingerprint density at radius 3 is 2.65 bits per heavy atom. The van der Waals surface area contributed by atoms with Crippen LogP contribution in [0, 0.1) is 17.7 Å². The molecule has 16 heteroatoms. The normalized spacial score (nSPS) is 15.2. The van der Waals surface area contributed by atoms with Crippen molar-refractivity contribution in [2.24, 2.45) is 0 Å². The second-order valence-corrected chi connectivity index (χ2v) is 11.9. The highest BCUT2D eigenvalue weighted by molar-refractivity contribution is 7.89. The van der Waals surface area contributed by atoms with Crippen molar-refractivity contribution in [2.45, 2.75) is 28.8 Å². The fraction of sp³-hybridized carbons (Fsp3) is 0.250. The Bertz CT molecular complexity index is 1690. The first-order valence-electron chi connectivity index (χ1n) is 11.7. The van der Waals surface area contributed by atoms with E-state index >= 15 is 0 Å². The number of halogens is 4. The van der Waals surface area contributed by atoms with E-state index in [1.165, 1.54) is 18.3 Å². The Kier molecular flexibility index (Phi) is 8.59. The van der Waals surface area contributed by atoms with Gasteiger partial charge in [-0.1, -0.05) is 24.0 Å². The van der Waals surface area contributed by atoms with Gasteiger partial charge in [-0.15, -0.1) is 0 Å². The second-order valence-electron chi connectivity index (χ2n) is 8.35. The third-order valence-electron chi connectivity index (χ3n) is 5.45. The van der Waals surface area contributed by atoms with Gasteiger partial charge in [-0.25, -0.2) is 35.7 Å². The number of nitrogens with one attached hydrogen (secondary N) is 4. The molecule has 212 valence electrons. The maximum atomic E-state index is 14.2. The third-order valence-corrected chi connectivity index (χ3v) is 8.39. The summed E-state index contributed by atoms with van der Waals surface area (Å²) < 4.78 is 107. The zero-order valence-electron chi connectivity index (χ0n) is 20.5. The van der Waals surface area contributed by atoms with Crippen molar-refractivity contribution in [3.63, 3.8) is 0 Å². The van der Waals surface area contributed by atoms with Crippen LogP contribution in [0.3, 0.4) is 0 Å². The molecule has 0 atom stereocenters. The Hall–Kier alpha value is -3.78. The van der Waals surface area contributed by atoms with Crippen molar-refractivity contribution < 1.29 is 34.4 Å². The molecule has 2 heterocycles. The maximum absolute atomic E-state index is 14.2. The van der Waals surface area contributed by atoms with Crippen LogP contribution >= 0.6 is 0 Å². The number of hydrogen-bond acceptors (Lipinski definition) is 8. The summed E-state index contributed by atoms with van der Waals surface area (Å²) in [6.45, 7) is 0.205. The van der Waals surface area contributed by atoms with Gasteiger partial charge >= 0.3 is 6.18 Å². The van der Waals surface area contributed by atoms with E-state index in [0.29, 0.717) is 36.1 Å². The first-order chi connectivity index (χ1) is 18.9. The second kappa shape index (κ2) is 11.8. The number of nitrogens with zero attached hydrogens (tertiary/aromatic N) is 2. The summed E-state index contributed by atoms with van der Waals surface area (Å²) in [5.41, 5.74) is -0.877. The summed E-state index contributed by atoms with van der Waals surface area (Å²) in [4.78, 5) is 7.55. The average molecular weight is 599 g/mol. The van der Waals surface area contributed by atoms with Gasteiger partial charge in [-0.05, 0) is 36.8 Å². The van der Waals surface area contributed by atoms with E-state index in [0.717, 1.165) is 12.1 Å². The molecule has 0 unspecified atom stereocenters. The molecule has 1 aromatic heterocycles. The van der Waals surface area contributed by atoms with E-state index < -0.39 is 42.5 Å². The molecule has 1 aliphatic rings. The monoisotopic (exact) mass is 598 g/mol. The van der Waals surface area contributed by atoms with Crippen LogP contribution < -0.4 is 20.1 Å². The van der Waals surface area contributed by atoms with Crippen molar-refractivity contribution in [3.8, 4) is 11.8 Å². The highest BCUT2D eigenvalue weighted by atomic mass is 32.2. The van der Waals surface area contributed by atoms with Gasteiger partial charge in [0.25, 0.3) is 0 Å². The number of hydrogen-bond donors (Lipinski definition) is 4. The third kappa shape index (κ3) is 7.04. The predicted molar refractivity (Wildman–Crippen MR) is 138 cm³/mol. The van der Waals surface area contributed by atoms with Crippen molar-refractivity contribution >= 4 is 37.5 Å². The molecular formula is C24H22F4N6O4S2. The molecule has 4 bridgehead atoms. The molecule has 4 N–H and O–H groups in total. The first kappa shape index (κ1) is 29.2. The lowest BCUT2D eigenvalue weighted by molar-refractivity contribution is -0.140. The molecule has 0 amide bonds. The summed E-state index contributed by atoms with van der Waals surface area (Å²) in [6, 6.07) is 8.14. The van der Waals surface area contributed by atoms with Crippen molar-refractivity contribution in [3.05, 3.63) is 65.6 Å². The number of anilines is 3.